The van der Waals surface area contributed by atoms with Crippen LogP contribution < -0.4 is 16.3 Å². The van der Waals surface area contributed by atoms with Crippen LogP contribution in [0.2, 0.25) is 0 Å². The zero-order valence-corrected chi connectivity index (χ0v) is 12.6. The Morgan fingerprint density at radius 1 is 1.29 bits per heavy atom. The smallest absolute Gasteiger partial charge is 0.290 e. The fraction of sp³-hybridized carbons (Fsp3) is 0.133. The Labute approximate surface area is 125 Å². The molecule has 0 saturated carbocycles. The quantitative estimate of drug-likeness (QED) is 0.706. The van der Waals surface area contributed by atoms with Crippen molar-refractivity contribution in [2.45, 2.75) is 11.8 Å². The van der Waals surface area contributed by atoms with Crippen LogP contribution in [-0.4, -0.2) is 26.0 Å². The van der Waals surface area contributed by atoms with E-state index in [9.17, 15) is 4.79 Å². The molecule has 2 aliphatic heterocycles. The summed E-state index contributed by atoms with van der Waals surface area (Å²) in [6, 6.07) is 7.97. The first-order valence-electron chi connectivity index (χ1n) is 6.38. The number of fused-ring (bicyclic) bond motifs is 1. The molecule has 0 saturated heterocycles. The lowest BCUT2D eigenvalue weighted by Crippen LogP contribution is -2.32. The van der Waals surface area contributed by atoms with E-state index in [4.69, 9.17) is 0 Å². The SMILES string of the molecule is C=c1[nH]n2/c(=C/c3ccc(SC)cc3)c(=O)nc-2nc1C. The van der Waals surface area contributed by atoms with Gasteiger partial charge in [-0.2, -0.15) is 4.98 Å². The summed E-state index contributed by atoms with van der Waals surface area (Å²) < 4.78 is 1.57. The highest BCUT2D eigenvalue weighted by Gasteiger charge is 2.11. The summed E-state index contributed by atoms with van der Waals surface area (Å²) in [5, 5.41) is 4.14. The normalized spacial score (nSPS) is 12.2. The van der Waals surface area contributed by atoms with Crippen LogP contribution in [0.3, 0.4) is 0 Å². The monoisotopic (exact) mass is 298 g/mol. The molecule has 0 radical (unpaired) electrons. The summed E-state index contributed by atoms with van der Waals surface area (Å²) >= 11 is 1.68. The van der Waals surface area contributed by atoms with Gasteiger partial charge in [-0.1, -0.05) is 18.7 Å². The average molecular weight is 298 g/mol. The molecule has 2 aliphatic rings. The van der Waals surface area contributed by atoms with Crippen molar-refractivity contribution < 1.29 is 0 Å². The maximum Gasteiger partial charge on any atom is 0.299 e. The molecule has 2 heterocycles. The third kappa shape index (κ3) is 2.50. The van der Waals surface area contributed by atoms with E-state index in [-0.39, 0.29) is 5.56 Å². The van der Waals surface area contributed by atoms with Crippen molar-refractivity contribution in [3.05, 3.63) is 56.6 Å². The number of H-pyrrole nitrogens is 1. The van der Waals surface area contributed by atoms with Crippen molar-refractivity contribution in [1.29, 1.82) is 0 Å². The molecule has 0 bridgehead atoms. The Kier molecular flexibility index (Phi) is 3.39. The van der Waals surface area contributed by atoms with E-state index in [1.807, 2.05) is 37.4 Å². The third-order valence-corrected chi connectivity index (χ3v) is 3.98. The Bertz CT molecular complexity index is 924. The van der Waals surface area contributed by atoms with Gasteiger partial charge in [0, 0.05) is 4.90 Å². The zero-order chi connectivity index (χ0) is 15.0. The zero-order valence-electron chi connectivity index (χ0n) is 11.8. The summed E-state index contributed by atoms with van der Waals surface area (Å²) in [5.74, 6) is 0.358. The first-order valence-corrected chi connectivity index (χ1v) is 7.61. The van der Waals surface area contributed by atoms with Crippen LogP contribution in [-0.2, 0) is 0 Å². The minimum atomic E-state index is -0.308. The number of nitrogens with one attached hydrogen (secondary N) is 1. The van der Waals surface area contributed by atoms with Crippen molar-refractivity contribution in [2.75, 3.05) is 6.26 Å². The van der Waals surface area contributed by atoms with Crippen LogP contribution >= 0.6 is 11.8 Å². The van der Waals surface area contributed by atoms with E-state index in [0.29, 0.717) is 16.6 Å². The summed E-state index contributed by atoms with van der Waals surface area (Å²) in [4.78, 5) is 21.4. The van der Waals surface area contributed by atoms with Gasteiger partial charge in [-0.3, -0.25) is 9.89 Å². The van der Waals surface area contributed by atoms with Crippen molar-refractivity contribution in [2.24, 2.45) is 0 Å². The molecule has 3 rings (SSSR count). The second kappa shape index (κ2) is 5.21. The predicted molar refractivity (Wildman–Crippen MR) is 84.5 cm³/mol. The molecule has 106 valence electrons. The van der Waals surface area contributed by atoms with Crippen molar-refractivity contribution in [3.8, 4) is 5.95 Å². The maximum atomic E-state index is 12.0. The summed E-state index contributed by atoms with van der Waals surface area (Å²) in [6.45, 7) is 5.69. The number of aromatic nitrogens is 4. The van der Waals surface area contributed by atoms with Crippen LogP contribution in [0.5, 0.6) is 0 Å². The lowest BCUT2D eigenvalue weighted by Gasteiger charge is -2.03. The molecule has 0 amide bonds. The molecular weight excluding hydrogens is 284 g/mol. The van der Waals surface area contributed by atoms with Gasteiger partial charge in [-0.25, -0.2) is 9.67 Å². The summed E-state index contributed by atoms with van der Waals surface area (Å²) in [7, 11) is 0. The van der Waals surface area contributed by atoms with Gasteiger partial charge in [0.15, 0.2) is 0 Å². The number of aromatic amines is 1. The number of rotatable bonds is 2. The summed E-state index contributed by atoms with van der Waals surface area (Å²) in [5.41, 5.74) is 1.35. The fourth-order valence-electron chi connectivity index (χ4n) is 2.00. The summed E-state index contributed by atoms with van der Waals surface area (Å²) in [6.07, 6.45) is 3.82. The van der Waals surface area contributed by atoms with E-state index >= 15 is 0 Å². The maximum absolute atomic E-state index is 12.0. The van der Waals surface area contributed by atoms with Crippen molar-refractivity contribution in [3.63, 3.8) is 0 Å². The molecule has 1 aromatic carbocycles. The van der Waals surface area contributed by atoms with Crippen molar-refractivity contribution in [1.82, 2.24) is 19.7 Å². The Balaban J connectivity index is 2.22. The van der Waals surface area contributed by atoms with E-state index in [1.54, 1.807) is 22.5 Å². The molecule has 21 heavy (non-hydrogen) atoms. The molecule has 1 N–H and O–H groups in total. The highest BCUT2D eigenvalue weighted by atomic mass is 32.2. The van der Waals surface area contributed by atoms with Gasteiger partial charge in [-0.05, 0) is 37.0 Å². The lowest BCUT2D eigenvalue weighted by molar-refractivity contribution is 0.746. The van der Waals surface area contributed by atoms with Crippen LogP contribution in [0.4, 0.5) is 0 Å². The van der Waals surface area contributed by atoms with Crippen LogP contribution in [0, 0.1) is 6.92 Å². The number of hydrogen-bond acceptors (Lipinski definition) is 4. The predicted octanol–water partition coefficient (Wildman–Crippen LogP) is 0.663. The standard InChI is InChI=1S/C15H14N4OS/c1-9-10(2)18-19-13(14(20)17-15(19)16-9)8-11-4-6-12(21-3)7-5-11/h4-8,18H,2H2,1,3H3/b13-8+. The highest BCUT2D eigenvalue weighted by Crippen LogP contribution is 2.14. The largest absolute Gasteiger partial charge is 0.299 e. The van der Waals surface area contributed by atoms with Crippen LogP contribution in [0.15, 0.2) is 34.0 Å². The van der Waals surface area contributed by atoms with Gasteiger partial charge < -0.3 is 0 Å². The van der Waals surface area contributed by atoms with Crippen LogP contribution in [0.1, 0.15) is 11.3 Å². The average Bonchev–Trinajstić information content (AvgIpc) is 2.76. The van der Waals surface area contributed by atoms with E-state index in [0.717, 1.165) is 11.3 Å². The van der Waals surface area contributed by atoms with E-state index in [1.165, 1.54) is 4.90 Å². The number of benzene rings is 1. The van der Waals surface area contributed by atoms with Crippen molar-refractivity contribution >= 4 is 24.4 Å². The van der Waals surface area contributed by atoms with E-state index in [2.05, 4.69) is 21.6 Å². The Morgan fingerprint density at radius 2 is 2.00 bits per heavy atom. The number of aryl methyl sites for hydroxylation is 1. The van der Waals surface area contributed by atoms with Gasteiger partial charge in [-0.15, -0.1) is 11.8 Å². The number of nitrogens with zero attached hydrogens (tertiary/aromatic N) is 3. The van der Waals surface area contributed by atoms with Gasteiger partial charge in [0.2, 0.25) is 0 Å². The number of hydrogen-bond donors (Lipinski definition) is 1. The van der Waals surface area contributed by atoms with Gasteiger partial charge in [0.05, 0.1) is 11.0 Å². The topological polar surface area (TPSA) is 63.6 Å². The molecule has 0 fully saturated rings. The van der Waals surface area contributed by atoms with Crippen LogP contribution in [0.25, 0.3) is 18.6 Å². The minimum absolute atomic E-state index is 0.308. The van der Waals surface area contributed by atoms with Gasteiger partial charge in [0.25, 0.3) is 11.5 Å². The van der Waals surface area contributed by atoms with Gasteiger partial charge >= 0.3 is 0 Å². The second-order valence-electron chi connectivity index (χ2n) is 4.64. The third-order valence-electron chi connectivity index (χ3n) is 3.23. The fourth-order valence-corrected chi connectivity index (χ4v) is 2.41. The Morgan fingerprint density at radius 3 is 2.67 bits per heavy atom. The number of imidazole rings is 1. The molecule has 6 heteroatoms. The molecule has 5 nitrogen and oxygen atoms in total. The lowest BCUT2D eigenvalue weighted by atomic mass is 10.2. The molecule has 0 unspecified atom stereocenters. The minimum Gasteiger partial charge on any atom is -0.290 e. The van der Waals surface area contributed by atoms with E-state index < -0.39 is 0 Å². The van der Waals surface area contributed by atoms with Gasteiger partial charge in [0.1, 0.15) is 5.35 Å². The molecular formula is C15H14N4OS. The number of thioether (sulfide) groups is 1. The second-order valence-corrected chi connectivity index (χ2v) is 5.52. The first-order chi connectivity index (χ1) is 10.1. The highest BCUT2D eigenvalue weighted by molar-refractivity contribution is 7.98. The Hall–Kier alpha value is -2.34. The molecule has 0 aromatic heterocycles. The molecule has 1 aromatic rings. The molecule has 0 aliphatic carbocycles. The first kappa shape index (κ1) is 13.6. The molecule has 0 atom stereocenters. The molecule has 0 spiro atoms.